The van der Waals surface area contributed by atoms with E-state index in [-0.39, 0.29) is 17.3 Å². The number of ether oxygens (including phenoxy) is 1. The molecule has 0 unspecified atom stereocenters. The van der Waals surface area contributed by atoms with E-state index in [1.165, 1.54) is 31.4 Å². The van der Waals surface area contributed by atoms with E-state index in [4.69, 9.17) is 4.74 Å². The predicted octanol–water partition coefficient (Wildman–Crippen LogP) is 3.63. The third-order valence-corrected chi connectivity index (χ3v) is 4.33. The molecule has 1 aliphatic rings. The Morgan fingerprint density at radius 2 is 1.71 bits per heavy atom. The summed E-state index contributed by atoms with van der Waals surface area (Å²) in [6.45, 7) is -0.438. The molecule has 2 aromatic carbocycles. The molecule has 3 aromatic rings. The van der Waals surface area contributed by atoms with Crippen LogP contribution in [0.15, 0.2) is 42.5 Å². The van der Waals surface area contributed by atoms with Crippen LogP contribution in [-0.4, -0.2) is 30.6 Å². The lowest BCUT2D eigenvalue weighted by Gasteiger charge is -2.18. The summed E-state index contributed by atoms with van der Waals surface area (Å²) in [6, 6.07) is 6.97. The maximum atomic E-state index is 14.1. The Morgan fingerprint density at radius 1 is 1.00 bits per heavy atom. The molecular formula is C19H12F3N3O3. The van der Waals surface area contributed by atoms with Crippen molar-refractivity contribution in [3.63, 3.8) is 0 Å². The lowest BCUT2D eigenvalue weighted by Crippen LogP contribution is -2.34. The Kier molecular flexibility index (Phi) is 4.14. The van der Waals surface area contributed by atoms with E-state index in [1.54, 1.807) is 0 Å². The lowest BCUT2D eigenvalue weighted by atomic mass is 10.2. The van der Waals surface area contributed by atoms with Gasteiger partial charge in [0.25, 0.3) is 5.91 Å². The molecule has 4 rings (SSSR count). The molecule has 1 aromatic heterocycles. The number of halogens is 3. The number of urea groups is 1. The van der Waals surface area contributed by atoms with Crippen LogP contribution in [0.25, 0.3) is 10.9 Å². The number of hydrogen-bond acceptors (Lipinski definition) is 4. The van der Waals surface area contributed by atoms with Crippen LogP contribution in [0, 0.1) is 17.5 Å². The van der Waals surface area contributed by atoms with Gasteiger partial charge < -0.3 is 4.74 Å². The van der Waals surface area contributed by atoms with Gasteiger partial charge in [0, 0.05) is 17.5 Å². The quantitative estimate of drug-likeness (QED) is 0.644. The molecule has 2 heterocycles. The molecule has 6 nitrogen and oxygen atoms in total. The SMILES string of the molecule is COc1cc(N2C(=O)CN(c3ccc(F)cc3F)C2=O)nc2ccc(F)cc12. The number of aromatic nitrogens is 1. The second-order valence-electron chi connectivity index (χ2n) is 6.04. The largest absolute Gasteiger partial charge is 0.496 e. The van der Waals surface area contributed by atoms with Crippen LogP contribution < -0.4 is 14.5 Å². The smallest absolute Gasteiger partial charge is 0.337 e. The fourth-order valence-corrected chi connectivity index (χ4v) is 3.05. The summed E-state index contributed by atoms with van der Waals surface area (Å²) in [5.74, 6) is -2.74. The van der Waals surface area contributed by atoms with Crippen molar-refractivity contribution in [1.82, 2.24) is 4.98 Å². The Morgan fingerprint density at radius 3 is 2.43 bits per heavy atom. The summed E-state index contributed by atoms with van der Waals surface area (Å²) < 4.78 is 45.9. The van der Waals surface area contributed by atoms with Gasteiger partial charge in [0.2, 0.25) is 0 Å². The molecule has 142 valence electrons. The summed E-state index contributed by atoms with van der Waals surface area (Å²) in [5, 5.41) is 0.367. The van der Waals surface area contributed by atoms with Crippen LogP contribution in [0.1, 0.15) is 0 Å². The molecule has 0 spiro atoms. The van der Waals surface area contributed by atoms with E-state index in [0.717, 1.165) is 21.9 Å². The number of amides is 3. The van der Waals surface area contributed by atoms with E-state index in [1.807, 2.05) is 0 Å². The van der Waals surface area contributed by atoms with Crippen LogP contribution in [0.5, 0.6) is 5.75 Å². The topological polar surface area (TPSA) is 62.7 Å². The number of carbonyl (C=O) groups excluding carboxylic acids is 2. The molecule has 0 saturated carbocycles. The number of carbonyl (C=O) groups is 2. The zero-order valence-corrected chi connectivity index (χ0v) is 14.4. The molecule has 1 saturated heterocycles. The van der Waals surface area contributed by atoms with Crippen LogP contribution in [-0.2, 0) is 4.79 Å². The zero-order chi connectivity index (χ0) is 20.0. The van der Waals surface area contributed by atoms with Gasteiger partial charge in [-0.25, -0.2) is 27.8 Å². The summed E-state index contributed by atoms with van der Waals surface area (Å²) in [4.78, 5) is 31.1. The Balaban J connectivity index is 1.78. The van der Waals surface area contributed by atoms with Crippen molar-refractivity contribution in [3.8, 4) is 5.75 Å². The number of imide groups is 1. The van der Waals surface area contributed by atoms with Crippen molar-refractivity contribution in [1.29, 1.82) is 0 Å². The number of fused-ring (bicyclic) bond motifs is 1. The van der Waals surface area contributed by atoms with Crippen LogP contribution in [0.3, 0.4) is 0 Å². The molecule has 0 N–H and O–H groups in total. The fraction of sp³-hybridized carbons (Fsp3) is 0.105. The molecule has 9 heteroatoms. The van der Waals surface area contributed by atoms with Crippen LogP contribution >= 0.6 is 0 Å². The molecule has 1 fully saturated rings. The van der Waals surface area contributed by atoms with Crippen molar-refractivity contribution in [2.75, 3.05) is 23.5 Å². The van der Waals surface area contributed by atoms with Gasteiger partial charge in [0.05, 0.1) is 18.3 Å². The van der Waals surface area contributed by atoms with Gasteiger partial charge in [0.15, 0.2) is 0 Å². The maximum absolute atomic E-state index is 14.1. The highest BCUT2D eigenvalue weighted by Gasteiger charge is 2.40. The Bertz CT molecular complexity index is 1140. The summed E-state index contributed by atoms with van der Waals surface area (Å²) >= 11 is 0. The second kappa shape index (κ2) is 6.52. The molecule has 1 aliphatic heterocycles. The zero-order valence-electron chi connectivity index (χ0n) is 14.4. The molecule has 3 amide bonds. The standard InChI is InChI=1S/C19H12F3N3O3/c1-28-16-8-17(23-14-4-2-10(20)6-12(14)16)25-18(26)9-24(19(25)27)15-5-3-11(21)7-13(15)22/h2-8H,9H2,1H3. The van der Waals surface area contributed by atoms with Crippen molar-refractivity contribution >= 4 is 34.3 Å². The molecule has 0 atom stereocenters. The summed E-state index contributed by atoms with van der Waals surface area (Å²) in [7, 11) is 1.36. The van der Waals surface area contributed by atoms with E-state index in [9.17, 15) is 22.8 Å². The Labute approximate surface area is 156 Å². The normalized spacial score (nSPS) is 14.3. The Hall–Kier alpha value is -3.62. The number of pyridine rings is 1. The van der Waals surface area contributed by atoms with Crippen LogP contribution in [0.2, 0.25) is 0 Å². The third kappa shape index (κ3) is 2.81. The number of hydrogen-bond donors (Lipinski definition) is 0. The first-order valence-corrected chi connectivity index (χ1v) is 8.13. The van der Waals surface area contributed by atoms with E-state index in [0.29, 0.717) is 17.0 Å². The van der Waals surface area contributed by atoms with Crippen LogP contribution in [0.4, 0.5) is 29.5 Å². The summed E-state index contributed by atoms with van der Waals surface area (Å²) in [5.41, 5.74) is 0.0832. The van der Waals surface area contributed by atoms with E-state index in [2.05, 4.69) is 4.98 Å². The minimum atomic E-state index is -0.970. The highest BCUT2D eigenvalue weighted by Crippen LogP contribution is 2.33. The maximum Gasteiger partial charge on any atom is 0.337 e. The number of rotatable bonds is 3. The van der Waals surface area contributed by atoms with Crippen molar-refractivity contribution in [3.05, 3.63) is 59.9 Å². The second-order valence-corrected chi connectivity index (χ2v) is 6.04. The minimum absolute atomic E-state index is 0.0454. The van der Waals surface area contributed by atoms with Gasteiger partial charge in [-0.1, -0.05) is 0 Å². The number of benzene rings is 2. The first-order valence-electron chi connectivity index (χ1n) is 8.13. The fourth-order valence-electron chi connectivity index (χ4n) is 3.05. The first kappa shape index (κ1) is 17.8. The van der Waals surface area contributed by atoms with E-state index >= 15 is 0 Å². The van der Waals surface area contributed by atoms with E-state index < -0.39 is 35.9 Å². The van der Waals surface area contributed by atoms with Gasteiger partial charge in [0.1, 0.15) is 35.6 Å². The number of anilines is 2. The van der Waals surface area contributed by atoms with Crippen molar-refractivity contribution < 1.29 is 27.5 Å². The molecule has 0 bridgehead atoms. The summed E-state index contributed by atoms with van der Waals surface area (Å²) in [6.07, 6.45) is 0. The van der Waals surface area contributed by atoms with Crippen molar-refractivity contribution in [2.45, 2.75) is 0 Å². The monoisotopic (exact) mass is 387 g/mol. The molecule has 28 heavy (non-hydrogen) atoms. The highest BCUT2D eigenvalue weighted by atomic mass is 19.1. The minimum Gasteiger partial charge on any atom is -0.496 e. The van der Waals surface area contributed by atoms with Crippen molar-refractivity contribution in [2.24, 2.45) is 0 Å². The van der Waals surface area contributed by atoms with Gasteiger partial charge in [-0.3, -0.25) is 9.69 Å². The average molecular weight is 387 g/mol. The van der Waals surface area contributed by atoms with Gasteiger partial charge in [-0.05, 0) is 30.3 Å². The highest BCUT2D eigenvalue weighted by molar-refractivity contribution is 6.26. The molecule has 0 aliphatic carbocycles. The average Bonchev–Trinajstić information content (AvgIpc) is 2.95. The van der Waals surface area contributed by atoms with Gasteiger partial charge in [-0.2, -0.15) is 0 Å². The van der Waals surface area contributed by atoms with Gasteiger partial charge in [-0.15, -0.1) is 0 Å². The lowest BCUT2D eigenvalue weighted by molar-refractivity contribution is -0.115. The number of methoxy groups -OCH3 is 1. The first-order chi connectivity index (χ1) is 13.4. The predicted molar refractivity (Wildman–Crippen MR) is 94.8 cm³/mol. The molecular weight excluding hydrogens is 375 g/mol. The third-order valence-electron chi connectivity index (χ3n) is 4.33. The number of nitrogens with zero attached hydrogens (tertiary/aromatic N) is 3. The molecule has 0 radical (unpaired) electrons. The van der Waals surface area contributed by atoms with Gasteiger partial charge >= 0.3 is 6.03 Å².